The molecule has 59 heavy (non-hydrogen) atoms. The zero-order valence-electron chi connectivity index (χ0n) is 37.5. The van der Waals surface area contributed by atoms with Crippen LogP contribution in [0.15, 0.2) is 36.5 Å². The molecule has 1 heterocycles. The monoisotopic (exact) mass is 837 g/mol. The van der Waals surface area contributed by atoms with Crippen LogP contribution >= 0.6 is 0 Å². The van der Waals surface area contributed by atoms with Gasteiger partial charge in [-0.05, 0) is 44.9 Å². The van der Waals surface area contributed by atoms with Gasteiger partial charge in [0.2, 0.25) is 0 Å². The number of esters is 2. The number of carbonyl (C=O) groups is 2. The Morgan fingerprint density at radius 3 is 1.47 bits per heavy atom. The molecule has 4 N–H and O–H groups in total. The van der Waals surface area contributed by atoms with Crippen LogP contribution in [0, 0.1) is 0 Å². The van der Waals surface area contributed by atoms with Crippen molar-refractivity contribution in [3.8, 4) is 0 Å². The van der Waals surface area contributed by atoms with Gasteiger partial charge in [0.25, 0.3) is 0 Å². The number of ether oxygens (including phenoxy) is 4. The second-order valence-corrected chi connectivity index (χ2v) is 16.6. The van der Waals surface area contributed by atoms with E-state index >= 15 is 0 Å². The quantitative estimate of drug-likeness (QED) is 0.0267. The molecule has 0 bridgehead atoms. The first-order valence-corrected chi connectivity index (χ1v) is 24.1. The van der Waals surface area contributed by atoms with Gasteiger partial charge in [0.05, 0.1) is 13.2 Å². The molecule has 0 aromatic heterocycles. The van der Waals surface area contributed by atoms with E-state index in [-0.39, 0.29) is 26.1 Å². The number of rotatable bonds is 40. The van der Waals surface area contributed by atoms with Crippen LogP contribution in [0.3, 0.4) is 0 Å². The van der Waals surface area contributed by atoms with E-state index in [0.717, 1.165) is 44.9 Å². The Morgan fingerprint density at radius 2 is 0.966 bits per heavy atom. The predicted octanol–water partition coefficient (Wildman–Crippen LogP) is 10.7. The fourth-order valence-electron chi connectivity index (χ4n) is 7.21. The first kappa shape index (κ1) is 54.9. The molecule has 0 aromatic rings. The summed E-state index contributed by atoms with van der Waals surface area (Å²) in [6, 6.07) is 0. The molecular weight excluding hydrogens is 749 g/mol. The van der Waals surface area contributed by atoms with Crippen LogP contribution in [0.2, 0.25) is 0 Å². The second kappa shape index (κ2) is 40.0. The molecule has 1 fully saturated rings. The van der Waals surface area contributed by atoms with E-state index in [2.05, 4.69) is 50.3 Å². The Hall–Kier alpha value is -2.08. The molecular formula is C49H88O10. The lowest BCUT2D eigenvalue weighted by Gasteiger charge is -2.39. The third kappa shape index (κ3) is 31.4. The third-order valence-corrected chi connectivity index (χ3v) is 11.0. The number of unbranched alkanes of at least 4 members (excludes halogenated alkanes) is 23. The maximum absolute atomic E-state index is 12.8. The molecule has 0 saturated carbocycles. The summed E-state index contributed by atoms with van der Waals surface area (Å²) in [6.07, 6.45) is 38.7. The Morgan fingerprint density at radius 1 is 0.525 bits per heavy atom. The predicted molar refractivity (Wildman–Crippen MR) is 238 cm³/mol. The first-order valence-electron chi connectivity index (χ1n) is 24.1. The lowest BCUT2D eigenvalue weighted by Crippen LogP contribution is -2.59. The van der Waals surface area contributed by atoms with Crippen LogP contribution in [0.1, 0.15) is 206 Å². The zero-order chi connectivity index (χ0) is 43.0. The summed E-state index contributed by atoms with van der Waals surface area (Å²) in [5.74, 6) is -0.860. The molecule has 0 aromatic carbocycles. The van der Waals surface area contributed by atoms with Gasteiger partial charge in [-0.3, -0.25) is 9.59 Å². The van der Waals surface area contributed by atoms with E-state index in [4.69, 9.17) is 18.9 Å². The molecule has 2 unspecified atom stereocenters. The number of allylic oxidation sites excluding steroid dienone is 6. The topological polar surface area (TPSA) is 152 Å². The van der Waals surface area contributed by atoms with Gasteiger partial charge in [0.1, 0.15) is 31.0 Å². The minimum Gasteiger partial charge on any atom is -0.462 e. The summed E-state index contributed by atoms with van der Waals surface area (Å²) in [6.45, 7) is 3.39. The van der Waals surface area contributed by atoms with Crippen molar-refractivity contribution in [1.82, 2.24) is 0 Å². The standard InChI is InChI=1S/C49H88O10/c1-3-5-7-9-11-13-15-17-19-21-23-25-27-29-31-33-35-37-44(51)56-40-42(41-57-49-48(55)47(54)46(53)43(39-50)59-49)58-45(52)38-36-34-32-30-28-26-24-22-20-18-16-14-12-10-8-6-4-2/h17,19,23,25,29,31,42-43,46-50,53-55H,3-16,18,20-22,24,26-28,30,32-41H2,1-2H3/b19-17+,25-23+,31-29+/t42-,43-,46+,47?,48?,49-/m0/s1. The van der Waals surface area contributed by atoms with E-state index in [0.29, 0.717) is 12.8 Å². The van der Waals surface area contributed by atoms with Gasteiger partial charge in [-0.25, -0.2) is 0 Å². The Kier molecular flexibility index (Phi) is 37.3. The van der Waals surface area contributed by atoms with Crippen LogP contribution in [0.25, 0.3) is 0 Å². The van der Waals surface area contributed by atoms with E-state index in [1.54, 1.807) is 0 Å². The average molecular weight is 837 g/mol. The maximum Gasteiger partial charge on any atom is 0.306 e. The summed E-state index contributed by atoms with van der Waals surface area (Å²) >= 11 is 0. The van der Waals surface area contributed by atoms with Gasteiger partial charge in [-0.15, -0.1) is 0 Å². The largest absolute Gasteiger partial charge is 0.462 e. The molecule has 0 aliphatic carbocycles. The average Bonchev–Trinajstić information content (AvgIpc) is 3.23. The molecule has 1 aliphatic heterocycles. The Labute approximate surface area is 359 Å². The fourth-order valence-corrected chi connectivity index (χ4v) is 7.21. The van der Waals surface area contributed by atoms with Crippen LogP contribution < -0.4 is 0 Å². The van der Waals surface area contributed by atoms with Gasteiger partial charge in [-0.1, -0.05) is 185 Å². The second-order valence-electron chi connectivity index (χ2n) is 16.6. The Bertz CT molecular complexity index is 1060. The van der Waals surface area contributed by atoms with Crippen molar-refractivity contribution in [3.63, 3.8) is 0 Å². The van der Waals surface area contributed by atoms with Crippen molar-refractivity contribution in [1.29, 1.82) is 0 Å². The lowest BCUT2D eigenvalue weighted by atomic mass is 9.99. The third-order valence-electron chi connectivity index (χ3n) is 11.0. The first-order chi connectivity index (χ1) is 28.8. The van der Waals surface area contributed by atoms with Gasteiger partial charge in [-0.2, -0.15) is 0 Å². The molecule has 0 spiro atoms. The number of hydrogen-bond acceptors (Lipinski definition) is 10. The van der Waals surface area contributed by atoms with Crippen LogP contribution in [0.4, 0.5) is 0 Å². The highest BCUT2D eigenvalue weighted by molar-refractivity contribution is 5.70. The van der Waals surface area contributed by atoms with Crippen molar-refractivity contribution < 1.29 is 49.0 Å². The van der Waals surface area contributed by atoms with Gasteiger partial charge in [0, 0.05) is 12.8 Å². The molecule has 1 aliphatic rings. The smallest absolute Gasteiger partial charge is 0.306 e. The fraction of sp³-hybridized carbons (Fsp3) is 0.837. The number of hydrogen-bond donors (Lipinski definition) is 4. The highest BCUT2D eigenvalue weighted by atomic mass is 16.7. The number of carbonyl (C=O) groups excluding carboxylic acids is 2. The van der Waals surface area contributed by atoms with Crippen LogP contribution in [-0.4, -0.2) is 89.0 Å². The SMILES string of the molecule is CCCCCCCC/C=C/C/C=C/C/C=C/CCCC(=O)OC[C@@H](CO[C@H]1O[C@@H](CO)[C@@H](O)C(O)C1O)OC(=O)CCCCCCCCCCCCCCCCCCC. The Balaban J connectivity index is 2.33. The molecule has 1 saturated heterocycles. The van der Waals surface area contributed by atoms with E-state index in [1.807, 2.05) is 0 Å². The zero-order valence-corrected chi connectivity index (χ0v) is 37.5. The van der Waals surface area contributed by atoms with Gasteiger partial charge < -0.3 is 39.4 Å². The summed E-state index contributed by atoms with van der Waals surface area (Å²) in [5, 5.41) is 40.1. The molecule has 10 heteroatoms. The van der Waals surface area contributed by atoms with E-state index < -0.39 is 55.4 Å². The lowest BCUT2D eigenvalue weighted by molar-refractivity contribution is -0.305. The van der Waals surface area contributed by atoms with Crippen molar-refractivity contribution in [2.24, 2.45) is 0 Å². The van der Waals surface area contributed by atoms with Crippen molar-refractivity contribution in [2.45, 2.75) is 243 Å². The van der Waals surface area contributed by atoms with Crippen LogP contribution in [-0.2, 0) is 28.5 Å². The highest BCUT2D eigenvalue weighted by Crippen LogP contribution is 2.23. The van der Waals surface area contributed by atoms with E-state index in [9.17, 15) is 30.0 Å². The van der Waals surface area contributed by atoms with Gasteiger partial charge in [0.15, 0.2) is 12.4 Å². The van der Waals surface area contributed by atoms with Crippen LogP contribution in [0.5, 0.6) is 0 Å². The molecule has 10 nitrogen and oxygen atoms in total. The molecule has 344 valence electrons. The van der Waals surface area contributed by atoms with Gasteiger partial charge >= 0.3 is 11.9 Å². The molecule has 1 rings (SSSR count). The van der Waals surface area contributed by atoms with Crippen molar-refractivity contribution >= 4 is 11.9 Å². The summed E-state index contributed by atoms with van der Waals surface area (Å²) in [5.41, 5.74) is 0. The number of aliphatic hydroxyl groups is 4. The van der Waals surface area contributed by atoms with E-state index in [1.165, 1.54) is 122 Å². The normalized spacial score (nSPS) is 20.3. The number of aliphatic hydroxyl groups excluding tert-OH is 4. The molecule has 0 radical (unpaired) electrons. The molecule has 0 amide bonds. The minimum atomic E-state index is -1.60. The maximum atomic E-state index is 12.8. The highest BCUT2D eigenvalue weighted by Gasteiger charge is 2.44. The minimum absolute atomic E-state index is 0.205. The van der Waals surface area contributed by atoms with Crippen molar-refractivity contribution in [3.05, 3.63) is 36.5 Å². The summed E-state index contributed by atoms with van der Waals surface area (Å²) < 4.78 is 22.1. The van der Waals surface area contributed by atoms with Crippen molar-refractivity contribution in [2.75, 3.05) is 19.8 Å². The summed E-state index contributed by atoms with van der Waals surface area (Å²) in [7, 11) is 0. The summed E-state index contributed by atoms with van der Waals surface area (Å²) in [4.78, 5) is 25.4. The molecule has 6 atom stereocenters.